The highest BCUT2D eigenvalue weighted by molar-refractivity contribution is 7.08. The lowest BCUT2D eigenvalue weighted by Gasteiger charge is -2.29. The monoisotopic (exact) mass is 356 g/mol. The highest BCUT2D eigenvalue weighted by atomic mass is 32.1. The zero-order valence-corrected chi connectivity index (χ0v) is 14.7. The largest absolute Gasteiger partial charge is 0.381 e. The highest BCUT2D eigenvalue weighted by Gasteiger charge is 2.44. The molecule has 7 heteroatoms. The normalized spacial score (nSPS) is 20.6. The zero-order chi connectivity index (χ0) is 17.3. The van der Waals surface area contributed by atoms with E-state index in [4.69, 9.17) is 11.2 Å². The van der Waals surface area contributed by atoms with Gasteiger partial charge in [0.2, 0.25) is 0 Å². The van der Waals surface area contributed by atoms with Crippen LogP contribution in [0, 0.1) is 18.3 Å². The van der Waals surface area contributed by atoms with Crippen LogP contribution >= 0.6 is 11.3 Å². The van der Waals surface area contributed by atoms with E-state index < -0.39 is 0 Å². The summed E-state index contributed by atoms with van der Waals surface area (Å²) < 4.78 is 7.25. The molecular weight excluding hydrogens is 336 g/mol. The third-order valence-electron chi connectivity index (χ3n) is 5.07. The quantitative estimate of drug-likeness (QED) is 0.835. The van der Waals surface area contributed by atoms with Gasteiger partial charge < -0.3 is 10.1 Å². The number of nitrogens with zero attached hydrogens (tertiary/aromatic N) is 3. The van der Waals surface area contributed by atoms with Crippen LogP contribution in [0.4, 0.5) is 0 Å². The first-order valence-electron chi connectivity index (χ1n) is 8.53. The Balaban J connectivity index is 1.59. The number of carbonyl (C=O) groups is 1. The van der Waals surface area contributed by atoms with E-state index in [1.54, 1.807) is 4.68 Å². The molecule has 2 fully saturated rings. The van der Waals surface area contributed by atoms with Gasteiger partial charge >= 0.3 is 0 Å². The molecule has 2 aromatic rings. The summed E-state index contributed by atoms with van der Waals surface area (Å²) in [5.41, 5.74) is 1.14. The number of rotatable bonds is 5. The molecule has 0 spiro atoms. The van der Waals surface area contributed by atoms with Crippen LogP contribution in [0.5, 0.6) is 0 Å². The second-order valence-electron chi connectivity index (χ2n) is 6.68. The first kappa shape index (κ1) is 16.3. The molecule has 1 unspecified atom stereocenters. The summed E-state index contributed by atoms with van der Waals surface area (Å²) in [4.78, 5) is 12.6. The van der Waals surface area contributed by atoms with Crippen LogP contribution in [0.3, 0.4) is 0 Å². The van der Waals surface area contributed by atoms with Gasteiger partial charge in [-0.1, -0.05) is 11.1 Å². The third kappa shape index (κ3) is 3.20. The molecule has 1 saturated heterocycles. The summed E-state index contributed by atoms with van der Waals surface area (Å²) in [5.74, 6) is 3.02. The second-order valence-corrected chi connectivity index (χ2v) is 7.46. The lowest BCUT2D eigenvalue weighted by Crippen LogP contribution is -2.36. The van der Waals surface area contributed by atoms with Crippen LogP contribution in [0.2, 0.25) is 0 Å². The van der Waals surface area contributed by atoms with Crippen LogP contribution in [0.15, 0.2) is 23.0 Å². The molecule has 1 atom stereocenters. The predicted molar refractivity (Wildman–Crippen MR) is 94.1 cm³/mol. The molecule has 1 amide bonds. The first-order chi connectivity index (χ1) is 12.2. The van der Waals surface area contributed by atoms with Crippen LogP contribution in [-0.2, 0) is 10.3 Å². The van der Waals surface area contributed by atoms with E-state index in [2.05, 4.69) is 21.5 Å². The van der Waals surface area contributed by atoms with Crippen molar-refractivity contribution in [3.05, 3.63) is 34.3 Å². The van der Waals surface area contributed by atoms with Crippen molar-refractivity contribution >= 4 is 17.2 Å². The van der Waals surface area contributed by atoms with Gasteiger partial charge in [-0.2, -0.15) is 11.3 Å². The second kappa shape index (κ2) is 6.62. The van der Waals surface area contributed by atoms with Crippen molar-refractivity contribution in [2.45, 2.75) is 37.3 Å². The minimum absolute atomic E-state index is 0.0784. The zero-order valence-electron chi connectivity index (χ0n) is 13.9. The molecule has 1 saturated carbocycles. The number of hydrogen-bond acceptors (Lipinski definition) is 5. The van der Waals surface area contributed by atoms with Crippen molar-refractivity contribution in [3.63, 3.8) is 0 Å². The van der Waals surface area contributed by atoms with E-state index >= 15 is 0 Å². The molecule has 6 nitrogen and oxygen atoms in total. The molecule has 0 radical (unpaired) electrons. The Morgan fingerprint density at radius 1 is 1.48 bits per heavy atom. The third-order valence-corrected chi connectivity index (χ3v) is 5.75. The fraction of sp³-hybridized carbons (Fsp3) is 0.500. The lowest BCUT2D eigenvalue weighted by molar-refractivity contribution is 0.0508. The average molecular weight is 356 g/mol. The molecule has 1 aliphatic carbocycles. The Morgan fingerprint density at radius 3 is 2.92 bits per heavy atom. The number of amides is 1. The van der Waals surface area contributed by atoms with Gasteiger partial charge in [0.05, 0.1) is 17.8 Å². The number of thiophene rings is 1. The molecule has 0 aromatic carbocycles. The maximum absolute atomic E-state index is 12.6. The molecule has 130 valence electrons. The summed E-state index contributed by atoms with van der Waals surface area (Å²) in [6, 6.07) is 1.65. The number of aromatic nitrogens is 3. The van der Waals surface area contributed by atoms with E-state index in [0.29, 0.717) is 18.8 Å². The van der Waals surface area contributed by atoms with Crippen molar-refractivity contribution in [3.8, 4) is 12.3 Å². The van der Waals surface area contributed by atoms with Gasteiger partial charge in [0.1, 0.15) is 11.2 Å². The average Bonchev–Trinajstić information content (AvgIpc) is 3.05. The van der Waals surface area contributed by atoms with Crippen molar-refractivity contribution in [2.75, 3.05) is 13.2 Å². The van der Waals surface area contributed by atoms with E-state index in [0.717, 1.165) is 31.4 Å². The van der Waals surface area contributed by atoms with Gasteiger partial charge in [-0.3, -0.25) is 4.79 Å². The molecule has 4 rings (SSSR count). The standard InChI is InChI=1S/C18H20N4O2S/c1-2-18(6-7-18)22-11-15(20-21-22)16(13-3-8-24-9-4-13)19-17(23)14-5-10-25-12-14/h1,5,10-13,16H,3-4,6-9H2,(H,19,23). The van der Waals surface area contributed by atoms with E-state index in [1.165, 1.54) is 11.3 Å². The van der Waals surface area contributed by atoms with Crippen molar-refractivity contribution in [1.29, 1.82) is 0 Å². The van der Waals surface area contributed by atoms with Gasteiger partial charge in [-0.05, 0) is 43.0 Å². The Bertz CT molecular complexity index is 782. The SMILES string of the molecule is C#CC1(n2cc(C(NC(=O)c3ccsc3)C3CCOCC3)nn2)CC1. The molecule has 25 heavy (non-hydrogen) atoms. The Morgan fingerprint density at radius 2 is 2.28 bits per heavy atom. The molecule has 1 aliphatic heterocycles. The number of carbonyl (C=O) groups excluding carboxylic acids is 1. The van der Waals surface area contributed by atoms with Crippen molar-refractivity contribution < 1.29 is 9.53 Å². The number of ether oxygens (including phenoxy) is 1. The molecule has 3 heterocycles. The minimum atomic E-state index is -0.317. The summed E-state index contributed by atoms with van der Waals surface area (Å²) in [5, 5.41) is 15.5. The predicted octanol–water partition coefficient (Wildman–Crippen LogP) is 2.36. The fourth-order valence-corrected chi connectivity index (χ4v) is 3.92. The van der Waals surface area contributed by atoms with E-state index in [1.807, 2.05) is 23.0 Å². The van der Waals surface area contributed by atoms with Gasteiger partial charge in [-0.25, -0.2) is 4.68 Å². The molecule has 2 aromatic heterocycles. The van der Waals surface area contributed by atoms with Gasteiger partial charge in [0.25, 0.3) is 5.91 Å². The number of terminal acetylenes is 1. The molecule has 1 N–H and O–H groups in total. The highest BCUT2D eigenvalue weighted by Crippen LogP contribution is 2.42. The van der Waals surface area contributed by atoms with Gasteiger partial charge in [0.15, 0.2) is 0 Å². The number of nitrogens with one attached hydrogen (secondary N) is 1. The first-order valence-corrected chi connectivity index (χ1v) is 9.47. The van der Waals surface area contributed by atoms with Crippen LogP contribution in [0.1, 0.15) is 47.8 Å². The topological polar surface area (TPSA) is 69.0 Å². The van der Waals surface area contributed by atoms with Crippen LogP contribution in [0.25, 0.3) is 0 Å². The summed E-state index contributed by atoms with van der Waals surface area (Å²) >= 11 is 1.51. The number of hydrogen-bond donors (Lipinski definition) is 1. The molecule has 2 aliphatic rings. The van der Waals surface area contributed by atoms with Gasteiger partial charge in [0, 0.05) is 18.6 Å². The molecule has 0 bridgehead atoms. The summed E-state index contributed by atoms with van der Waals surface area (Å²) in [6.07, 6.45) is 11.2. The smallest absolute Gasteiger partial charge is 0.252 e. The Kier molecular flexibility index (Phi) is 4.32. The van der Waals surface area contributed by atoms with Gasteiger partial charge in [-0.15, -0.1) is 11.5 Å². The Labute approximate surface area is 150 Å². The Hall–Kier alpha value is -2.17. The maximum Gasteiger partial charge on any atom is 0.252 e. The van der Waals surface area contributed by atoms with Crippen molar-refractivity contribution in [1.82, 2.24) is 20.3 Å². The van der Waals surface area contributed by atoms with E-state index in [9.17, 15) is 4.79 Å². The summed E-state index contributed by atoms with van der Waals surface area (Å²) in [6.45, 7) is 1.41. The minimum Gasteiger partial charge on any atom is -0.381 e. The lowest BCUT2D eigenvalue weighted by atomic mass is 9.89. The van der Waals surface area contributed by atoms with Crippen LogP contribution in [-0.4, -0.2) is 34.1 Å². The van der Waals surface area contributed by atoms with Crippen LogP contribution < -0.4 is 5.32 Å². The molecular formula is C18H20N4O2S. The fourth-order valence-electron chi connectivity index (χ4n) is 3.29. The maximum atomic E-state index is 12.6. The van der Waals surface area contributed by atoms with Crippen molar-refractivity contribution in [2.24, 2.45) is 5.92 Å². The van der Waals surface area contributed by atoms with E-state index in [-0.39, 0.29) is 23.4 Å². The summed E-state index contributed by atoms with van der Waals surface area (Å²) in [7, 11) is 0.